The molecule has 1 aliphatic heterocycles. The molecule has 154 valence electrons. The van der Waals surface area contributed by atoms with Gasteiger partial charge in [-0.05, 0) is 25.1 Å². The number of aromatic nitrogens is 2. The number of sulfonamides is 1. The van der Waals surface area contributed by atoms with E-state index >= 15 is 0 Å². The van der Waals surface area contributed by atoms with Crippen molar-refractivity contribution in [1.29, 1.82) is 0 Å². The second-order valence-corrected chi connectivity index (χ2v) is 9.55. The molecule has 0 aliphatic carbocycles. The Balaban J connectivity index is 1.59. The van der Waals surface area contributed by atoms with E-state index in [-0.39, 0.29) is 16.6 Å². The predicted octanol–water partition coefficient (Wildman–Crippen LogP) is 4.06. The van der Waals surface area contributed by atoms with Gasteiger partial charge < -0.3 is 5.32 Å². The number of fused-ring (bicyclic) bond motifs is 3. The summed E-state index contributed by atoms with van der Waals surface area (Å²) in [7, 11) is -3.73. The standard InChI is InChI=1S/C20H17ClN4O3S2/c1-2-25-16-10-6-3-7-13(16)19-17(30(25,27)28)11-22-20(24-19)29-12-18(26)23-15-9-5-4-8-14(15)21/h3-11H,2,12H2,1H3,(H,23,26). The van der Waals surface area contributed by atoms with E-state index in [1.165, 1.54) is 10.5 Å². The van der Waals surface area contributed by atoms with Crippen molar-refractivity contribution in [2.24, 2.45) is 0 Å². The van der Waals surface area contributed by atoms with Gasteiger partial charge in [-0.1, -0.05) is 53.7 Å². The molecule has 1 aromatic heterocycles. The Hall–Kier alpha value is -2.62. The second-order valence-electron chi connectivity index (χ2n) is 6.37. The lowest BCUT2D eigenvalue weighted by Crippen LogP contribution is -2.34. The van der Waals surface area contributed by atoms with Gasteiger partial charge in [-0.15, -0.1) is 0 Å². The molecule has 0 saturated heterocycles. The molecular weight excluding hydrogens is 444 g/mol. The number of thioether (sulfide) groups is 1. The van der Waals surface area contributed by atoms with Gasteiger partial charge in [-0.2, -0.15) is 0 Å². The van der Waals surface area contributed by atoms with E-state index in [1.54, 1.807) is 43.3 Å². The maximum atomic E-state index is 13.0. The second kappa shape index (κ2) is 8.25. The zero-order valence-electron chi connectivity index (χ0n) is 15.9. The van der Waals surface area contributed by atoms with Crippen LogP contribution in [0.5, 0.6) is 0 Å². The molecule has 0 unspecified atom stereocenters. The third-order valence-electron chi connectivity index (χ3n) is 4.50. The van der Waals surface area contributed by atoms with Gasteiger partial charge in [0, 0.05) is 12.1 Å². The fourth-order valence-electron chi connectivity index (χ4n) is 3.16. The third-order valence-corrected chi connectivity index (χ3v) is 7.58. The summed E-state index contributed by atoms with van der Waals surface area (Å²) < 4.78 is 27.3. The highest BCUT2D eigenvalue weighted by atomic mass is 35.5. The summed E-state index contributed by atoms with van der Waals surface area (Å²) in [6.07, 6.45) is 1.31. The Morgan fingerprint density at radius 2 is 1.90 bits per heavy atom. The van der Waals surface area contributed by atoms with Crippen LogP contribution < -0.4 is 9.62 Å². The molecule has 0 radical (unpaired) electrons. The Bertz CT molecular complexity index is 1230. The van der Waals surface area contributed by atoms with E-state index in [4.69, 9.17) is 11.6 Å². The average Bonchev–Trinajstić information content (AvgIpc) is 2.74. The Labute approximate surface area is 183 Å². The van der Waals surface area contributed by atoms with Crippen molar-refractivity contribution in [2.45, 2.75) is 17.0 Å². The van der Waals surface area contributed by atoms with Crippen LogP contribution in [0.4, 0.5) is 11.4 Å². The number of hydrogen-bond donors (Lipinski definition) is 1. The number of anilines is 2. The summed E-state index contributed by atoms with van der Waals surface area (Å²) in [6, 6.07) is 14.2. The highest BCUT2D eigenvalue weighted by Crippen LogP contribution is 2.41. The zero-order chi connectivity index (χ0) is 21.3. The number of nitrogens with one attached hydrogen (secondary N) is 1. The minimum Gasteiger partial charge on any atom is -0.324 e. The van der Waals surface area contributed by atoms with Crippen LogP contribution in [-0.4, -0.2) is 36.6 Å². The largest absolute Gasteiger partial charge is 0.324 e. The Kier molecular flexibility index (Phi) is 5.68. The molecule has 1 aliphatic rings. The smallest absolute Gasteiger partial charge is 0.268 e. The minimum atomic E-state index is -3.73. The molecule has 3 aromatic rings. The maximum Gasteiger partial charge on any atom is 0.268 e. The maximum absolute atomic E-state index is 13.0. The molecule has 0 bridgehead atoms. The number of halogens is 1. The molecule has 0 atom stereocenters. The monoisotopic (exact) mass is 460 g/mol. The molecule has 2 heterocycles. The van der Waals surface area contributed by atoms with E-state index < -0.39 is 10.0 Å². The molecule has 0 saturated carbocycles. The topological polar surface area (TPSA) is 92.3 Å². The third kappa shape index (κ3) is 3.76. The van der Waals surface area contributed by atoms with Crippen molar-refractivity contribution < 1.29 is 13.2 Å². The summed E-state index contributed by atoms with van der Waals surface area (Å²) in [6.45, 7) is 2.08. The highest BCUT2D eigenvalue weighted by molar-refractivity contribution is 7.99. The Morgan fingerprint density at radius 1 is 1.17 bits per heavy atom. The van der Waals surface area contributed by atoms with Crippen molar-refractivity contribution in [3.05, 3.63) is 59.8 Å². The van der Waals surface area contributed by atoms with Crippen molar-refractivity contribution in [3.8, 4) is 11.3 Å². The normalized spacial score (nSPS) is 14.0. The van der Waals surface area contributed by atoms with Crippen LogP contribution >= 0.6 is 23.4 Å². The first kappa shape index (κ1) is 20.6. The first-order valence-corrected chi connectivity index (χ1v) is 11.9. The number of hydrogen-bond acceptors (Lipinski definition) is 6. The van der Waals surface area contributed by atoms with Gasteiger partial charge in [-0.3, -0.25) is 9.10 Å². The lowest BCUT2D eigenvalue weighted by molar-refractivity contribution is -0.113. The molecule has 4 rings (SSSR count). The first-order chi connectivity index (χ1) is 14.4. The zero-order valence-corrected chi connectivity index (χ0v) is 18.3. The molecule has 7 nitrogen and oxygen atoms in total. The van der Waals surface area contributed by atoms with Gasteiger partial charge >= 0.3 is 0 Å². The number of para-hydroxylation sites is 2. The molecule has 10 heteroatoms. The van der Waals surface area contributed by atoms with Crippen LogP contribution in [0.25, 0.3) is 11.3 Å². The number of nitrogens with zero attached hydrogens (tertiary/aromatic N) is 3. The lowest BCUT2D eigenvalue weighted by atomic mass is 10.1. The molecule has 1 N–H and O–H groups in total. The van der Waals surface area contributed by atoms with E-state index in [1.807, 2.05) is 12.1 Å². The molecule has 0 spiro atoms. The summed E-state index contributed by atoms with van der Waals surface area (Å²) in [5.74, 6) is -0.209. The number of benzene rings is 2. The minimum absolute atomic E-state index is 0.0551. The van der Waals surface area contributed by atoms with Gasteiger partial charge in [0.1, 0.15) is 4.90 Å². The highest BCUT2D eigenvalue weighted by Gasteiger charge is 2.35. The average molecular weight is 461 g/mol. The van der Waals surface area contributed by atoms with Crippen LogP contribution in [0.3, 0.4) is 0 Å². The van der Waals surface area contributed by atoms with Gasteiger partial charge in [0.2, 0.25) is 5.91 Å². The van der Waals surface area contributed by atoms with E-state index in [9.17, 15) is 13.2 Å². The number of rotatable bonds is 5. The van der Waals surface area contributed by atoms with E-state index in [2.05, 4.69) is 15.3 Å². The summed E-state index contributed by atoms with van der Waals surface area (Å²) >= 11 is 7.18. The first-order valence-electron chi connectivity index (χ1n) is 9.08. The van der Waals surface area contributed by atoms with Gasteiger partial charge in [0.25, 0.3) is 10.0 Å². The molecule has 1 amide bonds. The predicted molar refractivity (Wildman–Crippen MR) is 118 cm³/mol. The van der Waals surface area contributed by atoms with Crippen molar-refractivity contribution in [1.82, 2.24) is 9.97 Å². The fraction of sp³-hybridized carbons (Fsp3) is 0.150. The number of carbonyl (C=O) groups is 1. The van der Waals surface area contributed by atoms with Crippen LogP contribution in [0.2, 0.25) is 5.02 Å². The molecular formula is C20H17ClN4O3S2. The number of carbonyl (C=O) groups excluding carboxylic acids is 1. The van der Waals surface area contributed by atoms with E-state index in [0.29, 0.717) is 39.4 Å². The molecule has 0 fully saturated rings. The summed E-state index contributed by atoms with van der Waals surface area (Å²) in [4.78, 5) is 20.9. The SMILES string of the molecule is CCN1c2ccccc2-c2nc(SCC(=O)Nc3ccccc3Cl)ncc2S1(=O)=O. The molecule has 30 heavy (non-hydrogen) atoms. The van der Waals surface area contributed by atoms with Crippen LogP contribution in [0, 0.1) is 0 Å². The molecule has 2 aromatic carbocycles. The Morgan fingerprint density at radius 3 is 2.67 bits per heavy atom. The quantitative estimate of drug-likeness (QED) is 0.456. The van der Waals surface area contributed by atoms with Gasteiger partial charge in [0.15, 0.2) is 5.16 Å². The van der Waals surface area contributed by atoms with Crippen molar-refractivity contribution in [3.63, 3.8) is 0 Å². The number of amides is 1. The van der Waals surface area contributed by atoms with Crippen LogP contribution in [0.1, 0.15) is 6.92 Å². The summed E-state index contributed by atoms with van der Waals surface area (Å²) in [5.41, 5.74) is 2.17. The van der Waals surface area contributed by atoms with Crippen LogP contribution in [-0.2, 0) is 14.8 Å². The van der Waals surface area contributed by atoms with Crippen molar-refractivity contribution in [2.75, 3.05) is 21.9 Å². The van der Waals surface area contributed by atoms with Crippen LogP contribution in [0.15, 0.2) is 64.8 Å². The van der Waals surface area contributed by atoms with Gasteiger partial charge in [-0.25, -0.2) is 18.4 Å². The summed E-state index contributed by atoms with van der Waals surface area (Å²) in [5, 5.41) is 3.50. The van der Waals surface area contributed by atoms with Gasteiger partial charge in [0.05, 0.1) is 34.0 Å². The van der Waals surface area contributed by atoms with E-state index in [0.717, 1.165) is 11.8 Å². The fourth-order valence-corrected chi connectivity index (χ4v) is 5.54. The lowest BCUT2D eigenvalue weighted by Gasteiger charge is -2.30. The van der Waals surface area contributed by atoms with Crippen molar-refractivity contribution >= 4 is 50.7 Å².